The van der Waals surface area contributed by atoms with Gasteiger partial charge >= 0.3 is 0 Å². The number of nitrogens with zero attached hydrogens (tertiary/aromatic N) is 1. The Balaban J connectivity index is 1.33. The van der Waals surface area contributed by atoms with Crippen molar-refractivity contribution in [2.75, 3.05) is 24.6 Å². The fourth-order valence-corrected chi connectivity index (χ4v) is 3.19. The van der Waals surface area contributed by atoms with E-state index in [4.69, 9.17) is 9.47 Å². The van der Waals surface area contributed by atoms with Gasteiger partial charge in [-0.2, -0.15) is 0 Å². The zero-order valence-electron chi connectivity index (χ0n) is 14.3. The minimum Gasteiger partial charge on any atom is -0.486 e. The number of nitrogens with one attached hydrogen (secondary N) is 1. The van der Waals surface area contributed by atoms with Crippen molar-refractivity contribution in [3.05, 3.63) is 54.1 Å². The highest BCUT2D eigenvalue weighted by atomic mass is 16.6. The summed E-state index contributed by atoms with van der Waals surface area (Å²) in [5.74, 6) is 1.38. The van der Waals surface area contributed by atoms with Gasteiger partial charge in [0.05, 0.1) is 6.54 Å². The maximum atomic E-state index is 12.3. The molecule has 2 aromatic rings. The Morgan fingerprint density at radius 3 is 2.62 bits per heavy atom. The van der Waals surface area contributed by atoms with Crippen LogP contribution in [0.2, 0.25) is 0 Å². The van der Waals surface area contributed by atoms with Gasteiger partial charge in [-0.3, -0.25) is 9.59 Å². The van der Waals surface area contributed by atoms with Crippen molar-refractivity contribution in [2.45, 2.75) is 18.9 Å². The van der Waals surface area contributed by atoms with Crippen LogP contribution < -0.4 is 19.7 Å². The molecule has 0 radical (unpaired) electrons. The predicted molar refractivity (Wildman–Crippen MR) is 96.7 cm³/mol. The average molecular weight is 352 g/mol. The monoisotopic (exact) mass is 352 g/mol. The third kappa shape index (κ3) is 3.35. The molecule has 6 heteroatoms. The molecule has 26 heavy (non-hydrogen) atoms. The second-order valence-corrected chi connectivity index (χ2v) is 6.40. The van der Waals surface area contributed by atoms with Crippen LogP contribution in [0.15, 0.2) is 48.5 Å². The molecule has 2 amide bonds. The Morgan fingerprint density at radius 1 is 1.12 bits per heavy atom. The van der Waals surface area contributed by atoms with Crippen molar-refractivity contribution < 1.29 is 19.1 Å². The average Bonchev–Trinajstić information content (AvgIpc) is 3.12. The maximum Gasteiger partial charge on any atom is 0.251 e. The highest BCUT2D eigenvalue weighted by molar-refractivity contribution is 5.97. The van der Waals surface area contributed by atoms with Crippen molar-refractivity contribution in [1.82, 2.24) is 5.32 Å². The van der Waals surface area contributed by atoms with E-state index >= 15 is 0 Å². The first-order valence-corrected chi connectivity index (χ1v) is 8.78. The molecule has 2 heterocycles. The molecule has 0 aromatic heterocycles. The van der Waals surface area contributed by atoms with Gasteiger partial charge < -0.3 is 19.7 Å². The van der Waals surface area contributed by atoms with Gasteiger partial charge in [-0.05, 0) is 42.8 Å². The van der Waals surface area contributed by atoms with Gasteiger partial charge in [0, 0.05) is 24.2 Å². The van der Waals surface area contributed by atoms with E-state index in [9.17, 15) is 9.59 Å². The summed E-state index contributed by atoms with van der Waals surface area (Å²) in [6.07, 6.45) is 1.25. The minimum absolute atomic E-state index is 0.136. The first kappa shape index (κ1) is 16.4. The summed E-state index contributed by atoms with van der Waals surface area (Å²) in [5, 5.41) is 2.87. The number of ether oxygens (including phenoxy) is 2. The van der Waals surface area contributed by atoms with Crippen molar-refractivity contribution >= 4 is 17.5 Å². The Labute approximate surface area is 151 Å². The molecule has 0 saturated carbocycles. The van der Waals surface area contributed by atoms with Crippen LogP contribution in [0.25, 0.3) is 0 Å². The van der Waals surface area contributed by atoms with E-state index in [-0.39, 0.29) is 17.9 Å². The molecule has 134 valence electrons. The fraction of sp³-hybridized carbons (Fsp3) is 0.300. The maximum absolute atomic E-state index is 12.3. The number of para-hydroxylation sites is 2. The summed E-state index contributed by atoms with van der Waals surface area (Å²) in [6.45, 7) is 1.50. The van der Waals surface area contributed by atoms with E-state index in [0.29, 0.717) is 30.9 Å². The third-order valence-corrected chi connectivity index (χ3v) is 4.57. The molecule has 2 aliphatic rings. The Hall–Kier alpha value is -3.02. The highest BCUT2D eigenvalue weighted by Crippen LogP contribution is 2.30. The Bertz CT molecular complexity index is 819. The van der Waals surface area contributed by atoms with Gasteiger partial charge in [0.2, 0.25) is 5.91 Å². The first-order chi connectivity index (χ1) is 12.7. The van der Waals surface area contributed by atoms with Gasteiger partial charge in [0.15, 0.2) is 11.5 Å². The van der Waals surface area contributed by atoms with Crippen molar-refractivity contribution in [1.29, 1.82) is 0 Å². The number of rotatable bonds is 4. The molecule has 1 atom stereocenters. The molecule has 2 aliphatic heterocycles. The molecule has 1 saturated heterocycles. The Kier molecular flexibility index (Phi) is 4.48. The van der Waals surface area contributed by atoms with Crippen LogP contribution in [-0.4, -0.2) is 37.6 Å². The van der Waals surface area contributed by atoms with Crippen LogP contribution >= 0.6 is 0 Å². The van der Waals surface area contributed by atoms with Crippen molar-refractivity contribution in [3.63, 3.8) is 0 Å². The van der Waals surface area contributed by atoms with Crippen LogP contribution in [0.4, 0.5) is 5.69 Å². The molecule has 4 rings (SSSR count). The molecule has 6 nitrogen and oxygen atoms in total. The summed E-state index contributed by atoms with van der Waals surface area (Å²) in [4.78, 5) is 25.9. The van der Waals surface area contributed by atoms with E-state index in [2.05, 4.69) is 5.32 Å². The summed E-state index contributed by atoms with van der Waals surface area (Å²) >= 11 is 0. The molecule has 2 aromatic carbocycles. The topological polar surface area (TPSA) is 67.9 Å². The lowest BCUT2D eigenvalue weighted by Gasteiger charge is -2.26. The number of carbonyl (C=O) groups is 2. The molecular formula is C20H20N2O4. The zero-order chi connectivity index (χ0) is 17.9. The largest absolute Gasteiger partial charge is 0.486 e. The number of hydrogen-bond donors (Lipinski definition) is 1. The molecule has 0 bridgehead atoms. The van der Waals surface area contributed by atoms with Gasteiger partial charge in [0.25, 0.3) is 5.91 Å². The molecule has 1 fully saturated rings. The van der Waals surface area contributed by atoms with E-state index in [1.807, 2.05) is 36.4 Å². The minimum atomic E-state index is -0.227. The lowest BCUT2D eigenvalue weighted by molar-refractivity contribution is -0.117. The number of anilines is 1. The van der Waals surface area contributed by atoms with E-state index < -0.39 is 0 Å². The highest BCUT2D eigenvalue weighted by Gasteiger charge is 2.23. The number of carbonyl (C=O) groups excluding carboxylic acids is 2. The standard InChI is InChI=1S/C20H20N2O4/c23-19-6-3-11-22(19)15-9-7-14(8-10-15)20(24)21-12-16-13-25-17-4-1-2-5-18(17)26-16/h1-2,4-5,7-10,16H,3,6,11-13H2,(H,21,24)/t16-/m0/s1. The quantitative estimate of drug-likeness (QED) is 0.917. The van der Waals surface area contributed by atoms with Gasteiger partial charge in [-0.1, -0.05) is 12.1 Å². The summed E-state index contributed by atoms with van der Waals surface area (Å²) in [6, 6.07) is 14.6. The van der Waals surface area contributed by atoms with E-state index in [1.165, 1.54) is 0 Å². The molecule has 0 aliphatic carbocycles. The van der Waals surface area contributed by atoms with Gasteiger partial charge in [-0.25, -0.2) is 0 Å². The third-order valence-electron chi connectivity index (χ3n) is 4.57. The second-order valence-electron chi connectivity index (χ2n) is 6.40. The van der Waals surface area contributed by atoms with Crippen molar-refractivity contribution in [3.8, 4) is 11.5 Å². The van der Waals surface area contributed by atoms with Gasteiger partial charge in [0.1, 0.15) is 12.7 Å². The summed E-state index contributed by atoms with van der Waals surface area (Å²) in [5.41, 5.74) is 1.39. The zero-order valence-corrected chi connectivity index (χ0v) is 14.3. The van der Waals surface area contributed by atoms with Crippen molar-refractivity contribution in [2.24, 2.45) is 0 Å². The summed E-state index contributed by atoms with van der Waals surface area (Å²) in [7, 11) is 0. The van der Waals surface area contributed by atoms with E-state index in [1.54, 1.807) is 17.0 Å². The van der Waals surface area contributed by atoms with Crippen LogP contribution in [0.1, 0.15) is 23.2 Å². The lowest BCUT2D eigenvalue weighted by atomic mass is 10.2. The fourth-order valence-electron chi connectivity index (χ4n) is 3.19. The van der Waals surface area contributed by atoms with Crippen LogP contribution in [-0.2, 0) is 4.79 Å². The second kappa shape index (κ2) is 7.07. The van der Waals surface area contributed by atoms with Crippen LogP contribution in [0, 0.1) is 0 Å². The number of fused-ring (bicyclic) bond motifs is 1. The SMILES string of the molecule is O=C(NC[C@H]1COc2ccccc2O1)c1ccc(N2CCCC2=O)cc1. The normalized spacial score (nSPS) is 18.7. The van der Waals surface area contributed by atoms with Crippen LogP contribution in [0.5, 0.6) is 11.5 Å². The van der Waals surface area contributed by atoms with Gasteiger partial charge in [-0.15, -0.1) is 0 Å². The van der Waals surface area contributed by atoms with Crippen LogP contribution in [0.3, 0.4) is 0 Å². The Morgan fingerprint density at radius 2 is 1.88 bits per heavy atom. The lowest BCUT2D eigenvalue weighted by Crippen LogP contribution is -2.40. The number of amides is 2. The predicted octanol–water partition coefficient (Wildman–Crippen LogP) is 2.38. The molecular weight excluding hydrogens is 332 g/mol. The molecule has 0 spiro atoms. The molecule has 1 N–H and O–H groups in total. The molecule has 0 unspecified atom stereocenters. The number of benzene rings is 2. The smallest absolute Gasteiger partial charge is 0.251 e. The number of hydrogen-bond acceptors (Lipinski definition) is 4. The van der Waals surface area contributed by atoms with E-state index in [0.717, 1.165) is 24.4 Å². The summed E-state index contributed by atoms with van der Waals surface area (Å²) < 4.78 is 11.5. The first-order valence-electron chi connectivity index (χ1n) is 8.78.